The molecule has 2 aromatic heterocycles. The topological polar surface area (TPSA) is 96.9 Å². The number of rotatable bonds is 7. The fourth-order valence-corrected chi connectivity index (χ4v) is 5.23. The molecular formula is C26H30N8O2S. The number of likely N-dealkylation sites (N-methyl/N-ethyl adjacent to an activating group) is 1. The van der Waals surface area contributed by atoms with Crippen LogP contribution < -0.4 is 20.4 Å². The third-order valence-electron chi connectivity index (χ3n) is 6.62. The van der Waals surface area contributed by atoms with Crippen LogP contribution in [-0.4, -0.2) is 72.0 Å². The van der Waals surface area contributed by atoms with Gasteiger partial charge in [0.15, 0.2) is 0 Å². The lowest BCUT2D eigenvalue weighted by Crippen LogP contribution is -2.45. The number of hydrogen-bond donors (Lipinski definition) is 2. The summed E-state index contributed by atoms with van der Waals surface area (Å²) in [6.07, 6.45) is 2.98. The van der Waals surface area contributed by atoms with Crippen molar-refractivity contribution in [1.82, 2.24) is 19.8 Å². The Bertz CT molecular complexity index is 1300. The number of aromatic nitrogens is 2. The van der Waals surface area contributed by atoms with Crippen LogP contribution in [0.15, 0.2) is 53.9 Å². The zero-order valence-electron chi connectivity index (χ0n) is 21.0. The summed E-state index contributed by atoms with van der Waals surface area (Å²) in [4.78, 5) is 42.0. The summed E-state index contributed by atoms with van der Waals surface area (Å²) in [6, 6.07) is 8.10. The van der Waals surface area contributed by atoms with Gasteiger partial charge in [0.1, 0.15) is 5.82 Å². The van der Waals surface area contributed by atoms with Crippen molar-refractivity contribution in [3.8, 4) is 0 Å². The summed E-state index contributed by atoms with van der Waals surface area (Å²) in [5.74, 6) is 0.735. The number of piperazine rings is 1. The van der Waals surface area contributed by atoms with Crippen molar-refractivity contribution in [2.45, 2.75) is 13.1 Å². The van der Waals surface area contributed by atoms with Gasteiger partial charge < -0.3 is 25.3 Å². The van der Waals surface area contributed by atoms with Gasteiger partial charge in [0.25, 0.3) is 0 Å². The zero-order valence-corrected chi connectivity index (χ0v) is 21.8. The van der Waals surface area contributed by atoms with E-state index in [9.17, 15) is 9.59 Å². The maximum absolute atomic E-state index is 13.1. The lowest BCUT2D eigenvalue weighted by molar-refractivity contribution is -0.111. The Morgan fingerprint density at radius 2 is 1.89 bits per heavy atom. The van der Waals surface area contributed by atoms with Crippen molar-refractivity contribution in [2.24, 2.45) is 0 Å². The molecule has 0 atom stereocenters. The molecule has 10 nitrogen and oxygen atoms in total. The molecule has 1 saturated heterocycles. The molecule has 2 aliphatic heterocycles. The minimum atomic E-state index is -0.283. The number of amides is 3. The number of anilines is 5. The molecule has 3 amide bonds. The first-order valence-electron chi connectivity index (χ1n) is 12.1. The number of carbonyl (C=O) groups excluding carboxylic acids is 2. The van der Waals surface area contributed by atoms with E-state index in [4.69, 9.17) is 0 Å². The van der Waals surface area contributed by atoms with Crippen molar-refractivity contribution < 1.29 is 9.59 Å². The van der Waals surface area contributed by atoms with Crippen molar-refractivity contribution in [1.29, 1.82) is 0 Å². The maximum Gasteiger partial charge on any atom is 0.326 e. The van der Waals surface area contributed by atoms with Crippen LogP contribution in [0.25, 0.3) is 0 Å². The van der Waals surface area contributed by atoms with Crippen molar-refractivity contribution >= 4 is 52.1 Å². The lowest BCUT2D eigenvalue weighted by Gasteiger charge is -2.34. The minimum Gasteiger partial charge on any atom is -0.369 e. The molecule has 4 heterocycles. The van der Waals surface area contributed by atoms with E-state index >= 15 is 0 Å². The molecule has 37 heavy (non-hydrogen) atoms. The van der Waals surface area contributed by atoms with Crippen LogP contribution in [0.2, 0.25) is 0 Å². The van der Waals surface area contributed by atoms with Gasteiger partial charge in [-0.15, -0.1) is 11.3 Å². The third-order valence-corrected chi connectivity index (χ3v) is 7.41. The summed E-state index contributed by atoms with van der Waals surface area (Å²) < 4.78 is 0. The molecule has 5 rings (SSSR count). The molecule has 0 unspecified atom stereocenters. The van der Waals surface area contributed by atoms with Crippen molar-refractivity contribution in [3.05, 3.63) is 65.0 Å². The summed E-state index contributed by atoms with van der Waals surface area (Å²) in [5, 5.41) is 9.83. The summed E-state index contributed by atoms with van der Waals surface area (Å²) >= 11 is 1.47. The maximum atomic E-state index is 13.1. The second-order valence-corrected chi connectivity index (χ2v) is 9.95. The molecule has 0 bridgehead atoms. The van der Waals surface area contributed by atoms with E-state index in [0.717, 1.165) is 43.0 Å². The Kier molecular flexibility index (Phi) is 7.06. The molecule has 0 radical (unpaired) electrons. The van der Waals surface area contributed by atoms with Gasteiger partial charge in [0.2, 0.25) is 11.9 Å². The van der Waals surface area contributed by atoms with Gasteiger partial charge in [-0.05, 0) is 42.8 Å². The van der Waals surface area contributed by atoms with Gasteiger partial charge in [-0.2, -0.15) is 4.98 Å². The Morgan fingerprint density at radius 1 is 1.14 bits per heavy atom. The van der Waals surface area contributed by atoms with E-state index in [1.54, 1.807) is 18.1 Å². The van der Waals surface area contributed by atoms with E-state index < -0.39 is 0 Å². The van der Waals surface area contributed by atoms with Gasteiger partial charge >= 0.3 is 6.03 Å². The first-order chi connectivity index (χ1) is 17.9. The monoisotopic (exact) mass is 518 g/mol. The van der Waals surface area contributed by atoms with E-state index in [1.165, 1.54) is 28.0 Å². The number of nitrogens with one attached hydrogen (secondary N) is 2. The van der Waals surface area contributed by atoms with Crippen LogP contribution in [0, 0.1) is 0 Å². The SMILES string of the molecule is C=CC(=O)Nc1cscc1CN1Cc2cnc(Nc3ccc(N4CCN(C)CC4)cc3)nc2N(C)C1=O. The Labute approximate surface area is 220 Å². The van der Waals surface area contributed by atoms with Crippen molar-refractivity contribution in [2.75, 3.05) is 60.7 Å². The Hall–Kier alpha value is -3.96. The van der Waals surface area contributed by atoms with Crippen LogP contribution in [0.5, 0.6) is 0 Å². The normalized spacial score (nSPS) is 15.9. The van der Waals surface area contributed by atoms with E-state index in [-0.39, 0.29) is 11.9 Å². The smallest absolute Gasteiger partial charge is 0.326 e. The Balaban J connectivity index is 1.26. The number of hydrogen-bond acceptors (Lipinski definition) is 8. The third kappa shape index (κ3) is 5.42. The molecule has 1 aromatic carbocycles. The number of fused-ring (bicyclic) bond motifs is 1. The molecule has 2 aliphatic rings. The first-order valence-corrected chi connectivity index (χ1v) is 13.0. The standard InChI is InChI=1S/C26H30N8O2S/c1-4-23(35)29-22-17-37-16-19(22)15-34-14-18-13-27-25(30-24(18)32(3)26(34)36)28-20-5-7-21(8-6-20)33-11-9-31(2)10-12-33/h4-8,13,16-17H,1,9-12,14-15H2,2-3H3,(H,29,35)(H,27,28,30). The van der Waals surface area contributed by atoms with E-state index in [0.29, 0.717) is 30.5 Å². The number of benzene rings is 1. The highest BCUT2D eigenvalue weighted by Crippen LogP contribution is 2.30. The fourth-order valence-electron chi connectivity index (χ4n) is 4.45. The highest BCUT2D eigenvalue weighted by Gasteiger charge is 2.30. The van der Waals surface area contributed by atoms with Gasteiger partial charge in [-0.25, -0.2) is 9.78 Å². The van der Waals surface area contributed by atoms with Crippen LogP contribution >= 0.6 is 11.3 Å². The predicted molar refractivity (Wildman–Crippen MR) is 148 cm³/mol. The van der Waals surface area contributed by atoms with Crippen LogP contribution in [0.4, 0.5) is 33.6 Å². The predicted octanol–water partition coefficient (Wildman–Crippen LogP) is 3.73. The van der Waals surface area contributed by atoms with Gasteiger partial charge in [-0.3, -0.25) is 9.69 Å². The molecule has 0 spiro atoms. The number of thiophene rings is 1. The second kappa shape index (κ2) is 10.6. The average molecular weight is 519 g/mol. The van der Waals surface area contributed by atoms with Crippen LogP contribution in [0.3, 0.4) is 0 Å². The molecule has 1 fully saturated rings. The van der Waals surface area contributed by atoms with Gasteiger partial charge in [0.05, 0.1) is 18.8 Å². The van der Waals surface area contributed by atoms with Crippen molar-refractivity contribution in [3.63, 3.8) is 0 Å². The molecule has 192 valence electrons. The largest absolute Gasteiger partial charge is 0.369 e. The highest BCUT2D eigenvalue weighted by molar-refractivity contribution is 7.08. The van der Waals surface area contributed by atoms with E-state index in [2.05, 4.69) is 56.2 Å². The number of urea groups is 1. The average Bonchev–Trinajstić information content (AvgIpc) is 3.34. The highest BCUT2D eigenvalue weighted by atomic mass is 32.1. The Morgan fingerprint density at radius 3 is 2.62 bits per heavy atom. The molecule has 2 N–H and O–H groups in total. The zero-order chi connectivity index (χ0) is 25.9. The molecule has 0 aliphatic carbocycles. The fraction of sp³-hybridized carbons (Fsp3) is 0.308. The van der Waals surface area contributed by atoms with Gasteiger partial charge in [0, 0.05) is 67.3 Å². The van der Waals surface area contributed by atoms with E-state index in [1.807, 2.05) is 22.9 Å². The minimum absolute atomic E-state index is 0.166. The molecule has 11 heteroatoms. The molecular weight excluding hydrogens is 488 g/mol. The summed E-state index contributed by atoms with van der Waals surface area (Å²) in [6.45, 7) is 8.39. The second-order valence-electron chi connectivity index (χ2n) is 9.21. The lowest BCUT2D eigenvalue weighted by atomic mass is 10.2. The number of nitrogens with zero attached hydrogens (tertiary/aromatic N) is 6. The summed E-state index contributed by atoms with van der Waals surface area (Å²) in [5.41, 5.74) is 4.49. The van der Waals surface area contributed by atoms with Crippen LogP contribution in [-0.2, 0) is 17.9 Å². The molecule has 0 saturated carbocycles. The number of carbonyl (C=O) groups is 2. The quantitative estimate of drug-likeness (QED) is 0.460. The van der Waals surface area contributed by atoms with Crippen LogP contribution in [0.1, 0.15) is 11.1 Å². The molecule has 3 aromatic rings. The first kappa shape index (κ1) is 24.7. The van der Waals surface area contributed by atoms with Gasteiger partial charge in [-0.1, -0.05) is 6.58 Å². The summed E-state index contributed by atoms with van der Waals surface area (Å²) in [7, 11) is 3.86.